The molecule has 0 unspecified atom stereocenters. The summed E-state index contributed by atoms with van der Waals surface area (Å²) in [5.41, 5.74) is 2.24. The van der Waals surface area contributed by atoms with E-state index in [-0.39, 0.29) is 11.4 Å². The number of benzene rings is 2. The number of amides is 1. The van der Waals surface area contributed by atoms with Crippen molar-refractivity contribution in [3.05, 3.63) is 63.3 Å². The van der Waals surface area contributed by atoms with Gasteiger partial charge in [0.15, 0.2) is 5.69 Å². The maximum atomic E-state index is 12.3. The molecule has 3 aromatic rings. The van der Waals surface area contributed by atoms with Crippen LogP contribution in [0.25, 0.3) is 5.69 Å². The zero-order valence-corrected chi connectivity index (χ0v) is 14.8. The lowest BCUT2D eigenvalue weighted by molar-refractivity contribution is 0.102. The van der Waals surface area contributed by atoms with Gasteiger partial charge in [-0.15, -0.1) is 5.10 Å². The molecule has 0 bridgehead atoms. The summed E-state index contributed by atoms with van der Waals surface area (Å²) in [6.45, 7) is 1.87. The van der Waals surface area contributed by atoms with Crippen molar-refractivity contribution in [2.45, 2.75) is 6.92 Å². The number of aryl methyl sites for hydroxylation is 1. The van der Waals surface area contributed by atoms with Gasteiger partial charge in [-0.2, -0.15) is 0 Å². The predicted octanol–water partition coefficient (Wildman–Crippen LogP) is 3.95. The third kappa shape index (κ3) is 3.42. The highest BCUT2D eigenvalue weighted by molar-refractivity contribution is 9.10. The quantitative estimate of drug-likeness (QED) is 0.689. The van der Waals surface area contributed by atoms with E-state index in [1.165, 1.54) is 16.9 Å². The molecule has 0 saturated heterocycles. The van der Waals surface area contributed by atoms with E-state index >= 15 is 0 Å². The van der Waals surface area contributed by atoms with Crippen LogP contribution >= 0.6 is 27.5 Å². The number of phenols is 1. The summed E-state index contributed by atoms with van der Waals surface area (Å²) in [7, 11) is 0. The minimum absolute atomic E-state index is 0.0727. The second-order valence-electron chi connectivity index (χ2n) is 5.10. The summed E-state index contributed by atoms with van der Waals surface area (Å²) in [6, 6.07) is 10.2. The van der Waals surface area contributed by atoms with Crippen molar-refractivity contribution in [1.82, 2.24) is 15.0 Å². The van der Waals surface area contributed by atoms with Gasteiger partial charge in [0.2, 0.25) is 0 Å². The summed E-state index contributed by atoms with van der Waals surface area (Å²) in [6.07, 6.45) is 1.48. The molecule has 0 aliphatic heterocycles. The molecule has 0 spiro atoms. The summed E-state index contributed by atoms with van der Waals surface area (Å²) in [5.74, 6) is -0.323. The Morgan fingerprint density at radius 1 is 1.29 bits per heavy atom. The number of carbonyl (C=O) groups excluding carboxylic acids is 1. The number of aromatic nitrogens is 3. The van der Waals surface area contributed by atoms with Gasteiger partial charge in [0.1, 0.15) is 5.75 Å². The van der Waals surface area contributed by atoms with Crippen molar-refractivity contribution in [3.63, 3.8) is 0 Å². The first-order valence-electron chi connectivity index (χ1n) is 6.93. The first kappa shape index (κ1) is 16.5. The van der Waals surface area contributed by atoms with Gasteiger partial charge in [0.25, 0.3) is 5.91 Å². The number of hydrogen-bond donors (Lipinski definition) is 2. The number of phenolic OH excluding ortho intramolecular Hbond substituents is 1. The van der Waals surface area contributed by atoms with Crippen molar-refractivity contribution >= 4 is 39.1 Å². The lowest BCUT2D eigenvalue weighted by atomic mass is 10.2. The number of aromatic hydroxyl groups is 1. The second-order valence-corrected chi connectivity index (χ2v) is 6.39. The third-order valence-corrected chi connectivity index (χ3v) is 4.27. The molecule has 6 nitrogen and oxygen atoms in total. The Bertz CT molecular complexity index is 926. The summed E-state index contributed by atoms with van der Waals surface area (Å²) in [4.78, 5) is 12.3. The normalized spacial score (nSPS) is 10.6. The van der Waals surface area contributed by atoms with Crippen LogP contribution in [0.1, 0.15) is 16.1 Å². The van der Waals surface area contributed by atoms with Crippen LogP contribution in [-0.4, -0.2) is 26.0 Å². The van der Waals surface area contributed by atoms with Gasteiger partial charge < -0.3 is 10.4 Å². The van der Waals surface area contributed by atoms with Gasteiger partial charge in [-0.1, -0.05) is 22.9 Å². The number of carbonyl (C=O) groups is 1. The number of nitrogens with zero attached hydrogens (tertiary/aromatic N) is 3. The Labute approximate surface area is 151 Å². The molecular formula is C16H12BrClN4O2. The Morgan fingerprint density at radius 3 is 2.83 bits per heavy atom. The standard InChI is InChI=1S/C16H12BrClN4O2/c1-9-2-3-10(18)6-13(9)19-16(24)14-8-22(21-20-14)11-4-5-12(17)15(23)7-11/h2-8,23H,1H3,(H,19,24). The van der Waals surface area contributed by atoms with E-state index in [0.717, 1.165) is 5.56 Å². The van der Waals surface area contributed by atoms with Crippen molar-refractivity contribution in [1.29, 1.82) is 0 Å². The van der Waals surface area contributed by atoms with Crippen LogP contribution in [0.3, 0.4) is 0 Å². The monoisotopic (exact) mass is 406 g/mol. The molecule has 8 heteroatoms. The smallest absolute Gasteiger partial charge is 0.277 e. The van der Waals surface area contributed by atoms with Gasteiger partial charge in [0, 0.05) is 16.8 Å². The Morgan fingerprint density at radius 2 is 2.08 bits per heavy atom. The highest BCUT2D eigenvalue weighted by atomic mass is 79.9. The molecule has 0 fully saturated rings. The van der Waals surface area contributed by atoms with Gasteiger partial charge in [-0.05, 0) is 52.7 Å². The topological polar surface area (TPSA) is 80.0 Å². The van der Waals surface area contributed by atoms with E-state index < -0.39 is 5.91 Å². The molecule has 24 heavy (non-hydrogen) atoms. The maximum Gasteiger partial charge on any atom is 0.277 e. The van der Waals surface area contributed by atoms with Crippen molar-refractivity contribution in [3.8, 4) is 11.4 Å². The second kappa shape index (κ2) is 6.62. The minimum Gasteiger partial charge on any atom is -0.507 e. The van der Waals surface area contributed by atoms with E-state index in [9.17, 15) is 9.90 Å². The SMILES string of the molecule is Cc1ccc(Cl)cc1NC(=O)c1cn(-c2ccc(Br)c(O)c2)nn1. The lowest BCUT2D eigenvalue weighted by Gasteiger charge is -2.07. The zero-order chi connectivity index (χ0) is 17.3. The molecule has 1 aromatic heterocycles. The van der Waals surface area contributed by atoms with Crippen molar-refractivity contribution < 1.29 is 9.90 Å². The molecule has 2 N–H and O–H groups in total. The average molecular weight is 408 g/mol. The number of anilines is 1. The van der Waals surface area contributed by atoms with Gasteiger partial charge in [-0.25, -0.2) is 4.68 Å². The molecule has 1 amide bonds. The maximum absolute atomic E-state index is 12.3. The van der Waals surface area contributed by atoms with E-state index in [2.05, 4.69) is 31.6 Å². The fourth-order valence-electron chi connectivity index (χ4n) is 2.05. The van der Waals surface area contributed by atoms with Crippen LogP contribution in [0.15, 0.2) is 47.1 Å². The molecular weight excluding hydrogens is 396 g/mol. The van der Waals surface area contributed by atoms with E-state index in [1.807, 2.05) is 13.0 Å². The molecule has 2 aromatic carbocycles. The van der Waals surface area contributed by atoms with Crippen LogP contribution in [0.2, 0.25) is 5.02 Å². The van der Waals surface area contributed by atoms with Crippen LogP contribution in [-0.2, 0) is 0 Å². The first-order valence-corrected chi connectivity index (χ1v) is 8.10. The number of rotatable bonds is 3. The number of halogens is 2. The first-order chi connectivity index (χ1) is 11.4. The Kier molecular flexibility index (Phi) is 4.55. The van der Waals surface area contributed by atoms with Crippen LogP contribution in [0.4, 0.5) is 5.69 Å². The van der Waals surface area contributed by atoms with Gasteiger partial charge in [0.05, 0.1) is 16.4 Å². The molecule has 0 aliphatic carbocycles. The average Bonchev–Trinajstić information content (AvgIpc) is 3.03. The summed E-state index contributed by atoms with van der Waals surface area (Å²) in [5, 5.41) is 20.8. The fourth-order valence-corrected chi connectivity index (χ4v) is 2.47. The molecule has 3 rings (SSSR count). The van der Waals surface area contributed by atoms with E-state index in [4.69, 9.17) is 11.6 Å². The highest BCUT2D eigenvalue weighted by Crippen LogP contribution is 2.26. The Balaban J connectivity index is 1.83. The molecule has 122 valence electrons. The molecule has 0 radical (unpaired) electrons. The zero-order valence-electron chi connectivity index (χ0n) is 12.5. The molecule has 1 heterocycles. The van der Waals surface area contributed by atoms with Gasteiger partial charge in [-0.3, -0.25) is 4.79 Å². The van der Waals surface area contributed by atoms with Crippen LogP contribution < -0.4 is 5.32 Å². The molecule has 0 aliphatic rings. The van der Waals surface area contributed by atoms with Crippen molar-refractivity contribution in [2.75, 3.05) is 5.32 Å². The van der Waals surface area contributed by atoms with E-state index in [1.54, 1.807) is 24.3 Å². The summed E-state index contributed by atoms with van der Waals surface area (Å²) < 4.78 is 1.98. The Hall–Kier alpha value is -2.38. The molecule has 0 saturated carbocycles. The third-order valence-electron chi connectivity index (χ3n) is 3.37. The lowest BCUT2D eigenvalue weighted by Crippen LogP contribution is -2.13. The van der Waals surface area contributed by atoms with E-state index in [0.29, 0.717) is 20.9 Å². The largest absolute Gasteiger partial charge is 0.507 e. The minimum atomic E-state index is -0.395. The fraction of sp³-hybridized carbons (Fsp3) is 0.0625. The van der Waals surface area contributed by atoms with Crippen LogP contribution in [0, 0.1) is 6.92 Å². The predicted molar refractivity (Wildman–Crippen MR) is 94.9 cm³/mol. The number of nitrogens with one attached hydrogen (secondary N) is 1. The summed E-state index contributed by atoms with van der Waals surface area (Å²) >= 11 is 9.16. The molecule has 0 atom stereocenters. The van der Waals surface area contributed by atoms with Crippen molar-refractivity contribution in [2.24, 2.45) is 0 Å². The highest BCUT2D eigenvalue weighted by Gasteiger charge is 2.13. The van der Waals surface area contributed by atoms with Crippen LogP contribution in [0.5, 0.6) is 5.75 Å². The van der Waals surface area contributed by atoms with Gasteiger partial charge >= 0.3 is 0 Å². The number of hydrogen-bond acceptors (Lipinski definition) is 4.